The summed E-state index contributed by atoms with van der Waals surface area (Å²) in [6.07, 6.45) is 1.38. The van der Waals surface area contributed by atoms with Crippen molar-refractivity contribution < 1.29 is 4.79 Å². The Morgan fingerprint density at radius 3 is 2.25 bits per heavy atom. The summed E-state index contributed by atoms with van der Waals surface area (Å²) in [5.74, 6) is 0.957. The molecule has 0 bridgehead atoms. The molecule has 0 saturated heterocycles. The molecule has 0 atom stereocenters. The number of amides is 1. The van der Waals surface area contributed by atoms with Crippen molar-refractivity contribution in [2.24, 2.45) is 0 Å². The van der Waals surface area contributed by atoms with E-state index in [1.165, 1.54) is 11.9 Å². The minimum absolute atomic E-state index is 0.281. The van der Waals surface area contributed by atoms with Crippen LogP contribution in [0.4, 0.5) is 23.0 Å². The van der Waals surface area contributed by atoms with Gasteiger partial charge >= 0.3 is 0 Å². The topological polar surface area (TPSA) is 105 Å². The maximum absolute atomic E-state index is 12.2. The van der Waals surface area contributed by atoms with Gasteiger partial charge in [0.2, 0.25) is 0 Å². The van der Waals surface area contributed by atoms with E-state index in [1.54, 1.807) is 12.1 Å². The van der Waals surface area contributed by atoms with Gasteiger partial charge in [0.1, 0.15) is 12.0 Å². The van der Waals surface area contributed by atoms with Crippen molar-refractivity contribution in [3.63, 3.8) is 0 Å². The number of anilines is 4. The number of hydrogen-bond acceptors (Lipinski definition) is 6. The monoisotopic (exact) mass is 376 g/mol. The van der Waals surface area contributed by atoms with Crippen molar-refractivity contribution in [3.8, 4) is 0 Å². The number of benzene rings is 2. The molecule has 3 rings (SSSR count). The summed E-state index contributed by atoms with van der Waals surface area (Å²) in [6.45, 7) is 6.26. The van der Waals surface area contributed by atoms with Crippen LogP contribution in [0.5, 0.6) is 0 Å². The normalized spacial score (nSPS) is 10.6. The molecule has 7 heteroatoms. The number of hydrazine groups is 1. The predicted molar refractivity (Wildman–Crippen MR) is 113 cm³/mol. The van der Waals surface area contributed by atoms with Gasteiger partial charge in [0.05, 0.1) is 0 Å². The van der Waals surface area contributed by atoms with Crippen molar-refractivity contribution >= 4 is 28.9 Å². The quantitative estimate of drug-likeness (QED) is 0.485. The number of aromatic nitrogens is 2. The number of nitrogen functional groups attached to an aromatic ring is 1. The molecule has 3 aromatic rings. The second-order valence-corrected chi connectivity index (χ2v) is 6.83. The first-order chi connectivity index (χ1) is 13.4. The first-order valence-electron chi connectivity index (χ1n) is 9.04. The molecule has 0 unspecified atom stereocenters. The zero-order valence-electron chi connectivity index (χ0n) is 16.2. The molecule has 0 fully saturated rings. The highest BCUT2D eigenvalue weighted by Crippen LogP contribution is 2.26. The molecule has 1 heterocycles. The Labute approximate surface area is 164 Å². The number of nitrogens with zero attached hydrogens (tertiary/aromatic N) is 2. The van der Waals surface area contributed by atoms with Gasteiger partial charge in [-0.3, -0.25) is 15.6 Å². The van der Waals surface area contributed by atoms with E-state index in [-0.39, 0.29) is 5.91 Å². The van der Waals surface area contributed by atoms with E-state index in [9.17, 15) is 4.79 Å². The number of nitrogens with two attached hydrogens (primary N) is 1. The summed E-state index contributed by atoms with van der Waals surface area (Å²) in [6, 6.07) is 15.3. The van der Waals surface area contributed by atoms with Crippen LogP contribution in [0.25, 0.3) is 0 Å². The summed E-state index contributed by atoms with van der Waals surface area (Å²) in [5.41, 5.74) is 15.6. The molecule has 2 aromatic carbocycles. The van der Waals surface area contributed by atoms with Gasteiger partial charge in [-0.2, -0.15) is 0 Å². The Morgan fingerprint density at radius 1 is 0.964 bits per heavy atom. The first-order valence-corrected chi connectivity index (χ1v) is 9.04. The van der Waals surface area contributed by atoms with Crippen molar-refractivity contribution in [2.75, 3.05) is 16.5 Å². The van der Waals surface area contributed by atoms with E-state index in [1.807, 2.05) is 31.2 Å². The zero-order chi connectivity index (χ0) is 20.1. The third kappa shape index (κ3) is 4.56. The third-order valence-electron chi connectivity index (χ3n) is 4.33. The standard InChI is InChI=1S/C21H24N6O/c1-13(2)15-8-10-17(11-9-15)25-19-18(22)20(24-12-23-19)26-27-21(28)16-6-4-14(3)5-7-16/h4-13H,22H2,1-3H3,(H,27,28)(H2,23,24,25,26). The van der Waals surface area contributed by atoms with Gasteiger partial charge in [0.25, 0.3) is 5.91 Å². The smallest absolute Gasteiger partial charge is 0.269 e. The Morgan fingerprint density at radius 2 is 1.61 bits per heavy atom. The Kier molecular flexibility index (Phi) is 5.74. The lowest BCUT2D eigenvalue weighted by atomic mass is 10.0. The van der Waals surface area contributed by atoms with Gasteiger partial charge in [0.15, 0.2) is 11.6 Å². The molecule has 1 amide bonds. The SMILES string of the molecule is Cc1ccc(C(=O)NNc2ncnc(Nc3ccc(C(C)C)cc3)c2N)cc1. The van der Waals surface area contributed by atoms with Crippen LogP contribution in [-0.2, 0) is 0 Å². The van der Waals surface area contributed by atoms with Crippen LogP contribution < -0.4 is 21.9 Å². The van der Waals surface area contributed by atoms with Crippen LogP contribution in [0.15, 0.2) is 54.9 Å². The van der Waals surface area contributed by atoms with Gasteiger partial charge in [-0.1, -0.05) is 43.7 Å². The molecular weight excluding hydrogens is 352 g/mol. The van der Waals surface area contributed by atoms with Crippen molar-refractivity contribution in [1.29, 1.82) is 0 Å². The summed E-state index contributed by atoms with van der Waals surface area (Å²) >= 11 is 0. The van der Waals surface area contributed by atoms with Crippen LogP contribution in [0, 0.1) is 6.92 Å². The Hall–Kier alpha value is -3.61. The number of carbonyl (C=O) groups is 1. The fraction of sp³-hybridized carbons (Fsp3) is 0.190. The predicted octanol–water partition coefficient (Wildman–Crippen LogP) is 3.99. The molecule has 28 heavy (non-hydrogen) atoms. The molecule has 0 radical (unpaired) electrons. The molecule has 5 N–H and O–H groups in total. The molecular formula is C21H24N6O. The Bertz CT molecular complexity index is 952. The van der Waals surface area contributed by atoms with E-state index >= 15 is 0 Å². The van der Waals surface area contributed by atoms with E-state index < -0.39 is 0 Å². The minimum atomic E-state index is -0.281. The number of rotatable bonds is 6. The Balaban J connectivity index is 1.68. The lowest BCUT2D eigenvalue weighted by Crippen LogP contribution is -2.30. The summed E-state index contributed by atoms with van der Waals surface area (Å²) in [4.78, 5) is 20.5. The molecule has 0 aliphatic carbocycles. The molecule has 0 spiro atoms. The lowest BCUT2D eigenvalue weighted by Gasteiger charge is -2.14. The number of nitrogens with one attached hydrogen (secondary N) is 3. The molecule has 0 aliphatic rings. The van der Waals surface area contributed by atoms with E-state index in [4.69, 9.17) is 5.73 Å². The van der Waals surface area contributed by atoms with Crippen LogP contribution in [0.3, 0.4) is 0 Å². The summed E-state index contributed by atoms with van der Waals surface area (Å²) in [7, 11) is 0. The third-order valence-corrected chi connectivity index (χ3v) is 4.33. The van der Waals surface area contributed by atoms with E-state index in [0.717, 1.165) is 11.3 Å². The van der Waals surface area contributed by atoms with Gasteiger partial charge in [-0.15, -0.1) is 0 Å². The molecule has 7 nitrogen and oxygen atoms in total. The van der Waals surface area contributed by atoms with Crippen LogP contribution >= 0.6 is 0 Å². The molecule has 0 saturated carbocycles. The lowest BCUT2D eigenvalue weighted by molar-refractivity contribution is 0.0962. The van der Waals surface area contributed by atoms with Gasteiger partial charge < -0.3 is 11.1 Å². The second kappa shape index (κ2) is 8.39. The van der Waals surface area contributed by atoms with Crippen LogP contribution in [0.1, 0.15) is 41.3 Å². The zero-order valence-corrected chi connectivity index (χ0v) is 16.2. The largest absolute Gasteiger partial charge is 0.393 e. The molecule has 144 valence electrons. The van der Waals surface area contributed by atoms with Crippen LogP contribution in [-0.4, -0.2) is 15.9 Å². The molecule has 1 aromatic heterocycles. The maximum Gasteiger partial charge on any atom is 0.269 e. The van der Waals surface area contributed by atoms with E-state index in [2.05, 4.69) is 52.1 Å². The highest BCUT2D eigenvalue weighted by Gasteiger charge is 2.11. The van der Waals surface area contributed by atoms with Crippen molar-refractivity contribution in [3.05, 3.63) is 71.5 Å². The van der Waals surface area contributed by atoms with Crippen molar-refractivity contribution in [1.82, 2.24) is 15.4 Å². The maximum atomic E-state index is 12.2. The van der Waals surface area contributed by atoms with Crippen molar-refractivity contribution in [2.45, 2.75) is 26.7 Å². The highest BCUT2D eigenvalue weighted by molar-refractivity contribution is 5.95. The number of hydrogen-bond donors (Lipinski definition) is 4. The fourth-order valence-electron chi connectivity index (χ4n) is 2.58. The number of carbonyl (C=O) groups excluding carboxylic acids is 1. The van der Waals surface area contributed by atoms with Gasteiger partial charge in [-0.05, 0) is 42.7 Å². The second-order valence-electron chi connectivity index (χ2n) is 6.83. The molecule has 0 aliphatic heterocycles. The first kappa shape index (κ1) is 19.2. The average molecular weight is 376 g/mol. The number of aryl methyl sites for hydroxylation is 1. The fourth-order valence-corrected chi connectivity index (χ4v) is 2.58. The van der Waals surface area contributed by atoms with Crippen LogP contribution in [0.2, 0.25) is 0 Å². The highest BCUT2D eigenvalue weighted by atomic mass is 16.2. The van der Waals surface area contributed by atoms with Gasteiger partial charge in [0, 0.05) is 11.3 Å². The summed E-state index contributed by atoms with van der Waals surface area (Å²) < 4.78 is 0. The minimum Gasteiger partial charge on any atom is -0.393 e. The van der Waals surface area contributed by atoms with E-state index in [0.29, 0.717) is 28.8 Å². The average Bonchev–Trinajstić information content (AvgIpc) is 2.69. The van der Waals surface area contributed by atoms with Gasteiger partial charge in [-0.25, -0.2) is 9.97 Å². The summed E-state index contributed by atoms with van der Waals surface area (Å²) in [5, 5.41) is 3.18.